The Morgan fingerprint density at radius 1 is 1.47 bits per heavy atom. The Balaban J connectivity index is 2.48. The van der Waals surface area contributed by atoms with Crippen LogP contribution in [-0.2, 0) is 9.59 Å². The maximum atomic E-state index is 11.0. The Morgan fingerprint density at radius 2 is 2.18 bits per heavy atom. The van der Waals surface area contributed by atoms with Crippen LogP contribution in [-0.4, -0.2) is 26.2 Å². The Hall–Kier alpha value is -1.95. The second-order valence-corrected chi connectivity index (χ2v) is 4.42. The van der Waals surface area contributed by atoms with Gasteiger partial charge in [-0.2, -0.15) is 0 Å². The fourth-order valence-electron chi connectivity index (χ4n) is 1.55. The number of nitrogens with zero attached hydrogens (tertiary/aromatic N) is 2. The highest BCUT2D eigenvalue weighted by Crippen LogP contribution is 2.21. The van der Waals surface area contributed by atoms with Crippen molar-refractivity contribution < 1.29 is 14.7 Å². The average molecular weight is 250 g/mol. The van der Waals surface area contributed by atoms with Gasteiger partial charge in [-0.15, -0.1) is 11.3 Å². The molecule has 0 saturated carbocycles. The molecule has 0 spiro atoms. The maximum Gasteiger partial charge on any atom is 0.376 e. The number of rotatable bonds is 3. The third-order valence-electron chi connectivity index (χ3n) is 2.36. The van der Waals surface area contributed by atoms with E-state index in [1.54, 1.807) is 0 Å². The largest absolute Gasteiger partial charge is 0.475 e. The molecule has 2 aromatic heterocycles. The highest BCUT2D eigenvalue weighted by molar-refractivity contribution is 7.15. The van der Waals surface area contributed by atoms with Crippen LogP contribution in [0.5, 0.6) is 0 Å². The lowest BCUT2D eigenvalue weighted by molar-refractivity contribution is -0.146. The molecule has 2 heterocycles. The highest BCUT2D eigenvalue weighted by Gasteiger charge is 2.11. The molecule has 0 unspecified atom stereocenters. The summed E-state index contributed by atoms with van der Waals surface area (Å²) in [6.45, 7) is 3.76. The molecular formula is C11H10N2O3S. The zero-order valence-corrected chi connectivity index (χ0v) is 10.1. The first-order chi connectivity index (χ1) is 8.00. The molecule has 0 amide bonds. The van der Waals surface area contributed by atoms with E-state index >= 15 is 0 Å². The summed E-state index contributed by atoms with van der Waals surface area (Å²) in [5.74, 6) is -2.39. The number of ketones is 1. The van der Waals surface area contributed by atoms with E-state index in [1.807, 2.05) is 23.6 Å². The summed E-state index contributed by atoms with van der Waals surface area (Å²) >= 11 is 1.51. The van der Waals surface area contributed by atoms with Crippen LogP contribution in [0.2, 0.25) is 0 Å². The molecule has 1 N–H and O–H groups in total. The number of carbonyl (C=O) groups is 2. The Morgan fingerprint density at radius 3 is 2.82 bits per heavy atom. The van der Waals surface area contributed by atoms with E-state index in [4.69, 9.17) is 5.11 Å². The molecule has 0 aliphatic carbocycles. The molecule has 2 rings (SSSR count). The number of imidazole rings is 1. The van der Waals surface area contributed by atoms with Crippen LogP contribution >= 0.6 is 11.3 Å². The van der Waals surface area contributed by atoms with Crippen LogP contribution in [0, 0.1) is 13.8 Å². The first kappa shape index (κ1) is 11.5. The quantitative estimate of drug-likeness (QED) is 0.664. The van der Waals surface area contributed by atoms with Gasteiger partial charge in [0.15, 0.2) is 4.96 Å². The molecule has 17 heavy (non-hydrogen) atoms. The molecule has 6 heteroatoms. The molecule has 0 bridgehead atoms. The number of aliphatic carboxylic acids is 1. The van der Waals surface area contributed by atoms with E-state index in [-0.39, 0.29) is 0 Å². The predicted molar refractivity (Wildman–Crippen MR) is 64.2 cm³/mol. The topological polar surface area (TPSA) is 71.7 Å². The van der Waals surface area contributed by atoms with Gasteiger partial charge in [-0.3, -0.25) is 9.20 Å². The molecule has 2 aromatic rings. The van der Waals surface area contributed by atoms with E-state index < -0.39 is 11.8 Å². The number of carbonyl (C=O) groups excluding carboxylic acids is 1. The van der Waals surface area contributed by atoms with Gasteiger partial charge in [0.25, 0.3) is 5.78 Å². The number of aryl methyl sites for hydroxylation is 2. The van der Waals surface area contributed by atoms with Crippen molar-refractivity contribution in [2.75, 3.05) is 0 Å². The fraction of sp³-hybridized carbons (Fsp3) is 0.182. The fourth-order valence-corrected chi connectivity index (χ4v) is 2.47. The van der Waals surface area contributed by atoms with Crippen molar-refractivity contribution in [2.45, 2.75) is 13.8 Å². The van der Waals surface area contributed by atoms with E-state index in [0.717, 1.165) is 28.1 Å². The lowest BCUT2D eigenvalue weighted by Crippen LogP contribution is -2.08. The molecular weight excluding hydrogens is 240 g/mol. The zero-order valence-electron chi connectivity index (χ0n) is 9.30. The maximum absolute atomic E-state index is 11.0. The first-order valence-electron chi connectivity index (χ1n) is 4.89. The summed E-state index contributed by atoms with van der Waals surface area (Å²) in [6, 6.07) is 0. The number of fused-ring (bicyclic) bond motifs is 1. The van der Waals surface area contributed by atoms with Gasteiger partial charge < -0.3 is 5.11 Å². The highest BCUT2D eigenvalue weighted by atomic mass is 32.1. The molecule has 0 radical (unpaired) electrons. The molecule has 0 atom stereocenters. The van der Waals surface area contributed by atoms with Crippen molar-refractivity contribution in [3.63, 3.8) is 0 Å². The molecule has 0 fully saturated rings. The zero-order chi connectivity index (χ0) is 12.6. The van der Waals surface area contributed by atoms with Crippen molar-refractivity contribution in [2.24, 2.45) is 0 Å². The normalized spacial score (nSPS) is 11.4. The lowest BCUT2D eigenvalue weighted by Gasteiger charge is -1.95. The molecule has 5 nitrogen and oxygen atoms in total. The summed E-state index contributed by atoms with van der Waals surface area (Å²) in [5, 5.41) is 10.4. The number of hydrogen-bond acceptors (Lipinski definition) is 4. The number of aromatic nitrogens is 2. The number of carboxylic acids is 1. The number of thiazole rings is 1. The molecule has 0 aromatic carbocycles. The van der Waals surface area contributed by atoms with Gasteiger partial charge in [-0.1, -0.05) is 0 Å². The van der Waals surface area contributed by atoms with Crippen molar-refractivity contribution in [1.82, 2.24) is 9.38 Å². The minimum Gasteiger partial charge on any atom is -0.475 e. The van der Waals surface area contributed by atoms with Gasteiger partial charge in [0, 0.05) is 11.1 Å². The van der Waals surface area contributed by atoms with Crippen LogP contribution < -0.4 is 0 Å². The van der Waals surface area contributed by atoms with Crippen LogP contribution in [0.4, 0.5) is 0 Å². The van der Waals surface area contributed by atoms with Gasteiger partial charge in [0.1, 0.15) is 0 Å². The summed E-state index contributed by atoms with van der Waals surface area (Å²) in [6.07, 6.45) is 2.54. The van der Waals surface area contributed by atoms with Crippen molar-refractivity contribution >= 4 is 34.1 Å². The van der Waals surface area contributed by atoms with Crippen molar-refractivity contribution in [3.8, 4) is 0 Å². The molecule has 0 aliphatic heterocycles. The Bertz CT molecular complexity index is 636. The number of hydrogen-bond donors (Lipinski definition) is 1. The van der Waals surface area contributed by atoms with Crippen LogP contribution in [0.15, 0.2) is 11.5 Å². The third-order valence-corrected chi connectivity index (χ3v) is 3.30. The van der Waals surface area contributed by atoms with Crippen LogP contribution in [0.3, 0.4) is 0 Å². The van der Waals surface area contributed by atoms with Crippen LogP contribution in [0.25, 0.3) is 11.0 Å². The first-order valence-corrected chi connectivity index (χ1v) is 5.77. The van der Waals surface area contributed by atoms with Gasteiger partial charge >= 0.3 is 5.97 Å². The van der Waals surface area contributed by atoms with E-state index in [1.165, 1.54) is 17.4 Å². The van der Waals surface area contributed by atoms with Gasteiger partial charge in [0.2, 0.25) is 0 Å². The monoisotopic (exact) mass is 250 g/mol. The van der Waals surface area contributed by atoms with Crippen molar-refractivity contribution in [1.29, 1.82) is 0 Å². The van der Waals surface area contributed by atoms with E-state index in [9.17, 15) is 9.59 Å². The second kappa shape index (κ2) is 4.14. The minimum atomic E-state index is -1.46. The molecule has 88 valence electrons. The second-order valence-electron chi connectivity index (χ2n) is 3.58. The van der Waals surface area contributed by atoms with Crippen LogP contribution in [0.1, 0.15) is 17.1 Å². The average Bonchev–Trinajstić information content (AvgIpc) is 2.76. The molecule has 0 saturated heterocycles. The standard InChI is InChI=1S/C11H10N2O3S/c1-6-5-17-11-12-7(2)8(13(6)11)3-4-9(14)10(15)16/h3-5H,1-2H3,(H,15,16)/b4-3+. The lowest BCUT2D eigenvalue weighted by atomic mass is 10.2. The summed E-state index contributed by atoms with van der Waals surface area (Å²) in [4.78, 5) is 26.6. The SMILES string of the molecule is Cc1nc2scc(C)n2c1/C=C/C(=O)C(=O)O. The Labute approximate surface area is 101 Å². The predicted octanol–water partition coefficient (Wildman–Crippen LogP) is 1.68. The van der Waals surface area contributed by atoms with Crippen molar-refractivity contribution in [3.05, 3.63) is 28.5 Å². The summed E-state index contributed by atoms with van der Waals surface area (Å²) in [5.41, 5.74) is 2.52. The van der Waals surface area contributed by atoms with Gasteiger partial charge in [-0.05, 0) is 26.0 Å². The summed E-state index contributed by atoms with van der Waals surface area (Å²) < 4.78 is 1.89. The number of carboxylic acid groups (broad SMARTS) is 1. The van der Waals surface area contributed by atoms with Gasteiger partial charge in [0.05, 0.1) is 11.4 Å². The third kappa shape index (κ3) is 1.99. The Kier molecular flexibility index (Phi) is 2.81. The van der Waals surface area contributed by atoms with E-state index in [2.05, 4.69) is 4.98 Å². The van der Waals surface area contributed by atoms with E-state index in [0.29, 0.717) is 0 Å². The van der Waals surface area contributed by atoms with Gasteiger partial charge in [-0.25, -0.2) is 9.78 Å². The summed E-state index contributed by atoms with van der Waals surface area (Å²) in [7, 11) is 0. The minimum absolute atomic E-state index is 0.744. The smallest absolute Gasteiger partial charge is 0.376 e. The molecule has 0 aliphatic rings.